The highest BCUT2D eigenvalue weighted by Gasteiger charge is 2.13. The number of aromatic nitrogens is 2. The van der Waals surface area contributed by atoms with Gasteiger partial charge in [-0.2, -0.15) is 0 Å². The van der Waals surface area contributed by atoms with E-state index in [1.807, 2.05) is 37.3 Å². The lowest BCUT2D eigenvalue weighted by molar-refractivity contribution is -0.384. The Kier molecular flexibility index (Phi) is 5.29. The van der Waals surface area contributed by atoms with Crippen LogP contribution in [0.5, 0.6) is 0 Å². The van der Waals surface area contributed by atoms with Crippen molar-refractivity contribution in [2.75, 3.05) is 0 Å². The minimum Gasteiger partial charge on any atom is -0.268 e. The van der Waals surface area contributed by atoms with Crippen LogP contribution >= 0.6 is 15.9 Å². The molecule has 0 aliphatic carbocycles. The van der Waals surface area contributed by atoms with Crippen molar-refractivity contribution in [3.63, 3.8) is 0 Å². The summed E-state index contributed by atoms with van der Waals surface area (Å²) in [7, 11) is 0. The fourth-order valence-corrected chi connectivity index (χ4v) is 3.84. The molecule has 4 aromatic rings. The van der Waals surface area contributed by atoms with E-state index in [1.54, 1.807) is 41.0 Å². The van der Waals surface area contributed by atoms with Gasteiger partial charge in [-0.15, -0.1) is 0 Å². The number of benzene rings is 3. The molecule has 6 nitrogen and oxygen atoms in total. The zero-order valence-electron chi connectivity index (χ0n) is 15.9. The minimum atomic E-state index is -0.440. The third-order valence-electron chi connectivity index (χ3n) is 4.67. The molecule has 0 unspecified atom stereocenters. The van der Waals surface area contributed by atoms with Crippen LogP contribution in [0.2, 0.25) is 0 Å². The monoisotopic (exact) mass is 461 g/mol. The van der Waals surface area contributed by atoms with Crippen LogP contribution in [0, 0.1) is 17.0 Å². The molecule has 0 amide bonds. The molecule has 1 heterocycles. The number of non-ortho nitro benzene ring substituents is 1. The first-order valence-corrected chi connectivity index (χ1v) is 9.94. The van der Waals surface area contributed by atoms with Gasteiger partial charge >= 0.3 is 0 Å². The third kappa shape index (κ3) is 3.79. The molecule has 3 aromatic carbocycles. The first-order chi connectivity index (χ1) is 14.4. The van der Waals surface area contributed by atoms with Crippen LogP contribution in [0.1, 0.15) is 17.0 Å². The van der Waals surface area contributed by atoms with Crippen LogP contribution in [0.3, 0.4) is 0 Å². The second-order valence-corrected chi connectivity index (χ2v) is 7.62. The lowest BCUT2D eigenvalue weighted by atomic mass is 10.1. The maximum absolute atomic E-state index is 13.3. The van der Waals surface area contributed by atoms with Gasteiger partial charge in [0.2, 0.25) is 0 Å². The Labute approximate surface area is 180 Å². The number of hydrogen-bond acceptors (Lipinski definition) is 4. The lowest BCUT2D eigenvalue weighted by Crippen LogP contribution is -2.22. The Bertz CT molecular complexity index is 1360. The molecule has 0 spiro atoms. The molecule has 0 saturated carbocycles. The summed E-state index contributed by atoms with van der Waals surface area (Å²) in [5.74, 6) is 0.460. The maximum atomic E-state index is 13.3. The fraction of sp³-hybridized carbons (Fsp3) is 0.0435. The average Bonchev–Trinajstić information content (AvgIpc) is 2.73. The normalized spacial score (nSPS) is 11.3. The molecular formula is C23H16BrN3O3. The van der Waals surface area contributed by atoms with E-state index < -0.39 is 4.92 Å². The molecule has 30 heavy (non-hydrogen) atoms. The summed E-state index contributed by atoms with van der Waals surface area (Å²) in [4.78, 5) is 28.4. The molecule has 148 valence electrons. The van der Waals surface area contributed by atoms with Gasteiger partial charge in [-0.25, -0.2) is 4.98 Å². The van der Waals surface area contributed by atoms with Gasteiger partial charge in [0.15, 0.2) is 0 Å². The molecular weight excluding hydrogens is 446 g/mol. The Morgan fingerprint density at radius 2 is 1.77 bits per heavy atom. The summed E-state index contributed by atoms with van der Waals surface area (Å²) in [6, 6.07) is 19.2. The SMILES string of the molecule is Cc1ccc(-n2c(/C=C/c3ccc([N+](=O)[O-])cc3)nc3ccccc3c2=O)c(Br)c1. The number of nitro groups is 1. The molecule has 0 aliphatic rings. The van der Waals surface area contributed by atoms with Crippen LogP contribution in [-0.4, -0.2) is 14.5 Å². The molecule has 0 saturated heterocycles. The van der Waals surface area contributed by atoms with Crippen molar-refractivity contribution in [1.29, 1.82) is 0 Å². The van der Waals surface area contributed by atoms with Gasteiger partial charge in [0, 0.05) is 16.6 Å². The van der Waals surface area contributed by atoms with Gasteiger partial charge in [0.1, 0.15) is 5.82 Å². The Balaban J connectivity index is 1.89. The summed E-state index contributed by atoms with van der Waals surface area (Å²) in [5.41, 5.74) is 2.97. The first-order valence-electron chi connectivity index (χ1n) is 9.15. The number of hydrogen-bond donors (Lipinski definition) is 0. The summed E-state index contributed by atoms with van der Waals surface area (Å²) >= 11 is 3.56. The van der Waals surface area contributed by atoms with Crippen LogP contribution in [0.15, 0.2) is 76.0 Å². The third-order valence-corrected chi connectivity index (χ3v) is 5.31. The standard InChI is InChI=1S/C23H16BrN3O3/c1-15-6-12-21(19(24)14-15)26-22(25-20-5-3-2-4-18(20)23(26)28)13-9-16-7-10-17(11-8-16)27(29)30/h2-14H,1H3/b13-9+. The summed E-state index contributed by atoms with van der Waals surface area (Å²) in [6.45, 7) is 1.98. The van der Waals surface area contributed by atoms with Crippen molar-refractivity contribution < 1.29 is 4.92 Å². The molecule has 0 aliphatic heterocycles. The van der Waals surface area contributed by atoms with Crippen LogP contribution in [0.4, 0.5) is 5.69 Å². The molecule has 7 heteroatoms. The van der Waals surface area contributed by atoms with E-state index in [0.29, 0.717) is 22.4 Å². The highest BCUT2D eigenvalue weighted by atomic mass is 79.9. The van der Waals surface area contributed by atoms with Gasteiger partial charge < -0.3 is 0 Å². The van der Waals surface area contributed by atoms with Gasteiger partial charge in [0.25, 0.3) is 11.2 Å². The van der Waals surface area contributed by atoms with E-state index in [2.05, 4.69) is 20.9 Å². The van der Waals surface area contributed by atoms with Gasteiger partial charge in [-0.05, 0) is 76.5 Å². The smallest absolute Gasteiger partial charge is 0.268 e. The Morgan fingerprint density at radius 1 is 1.03 bits per heavy atom. The molecule has 0 radical (unpaired) electrons. The summed E-state index contributed by atoms with van der Waals surface area (Å²) in [6.07, 6.45) is 3.51. The van der Waals surface area contributed by atoms with E-state index >= 15 is 0 Å². The average molecular weight is 462 g/mol. The first kappa shape index (κ1) is 19.7. The highest BCUT2D eigenvalue weighted by Crippen LogP contribution is 2.24. The number of rotatable bonds is 4. The minimum absolute atomic E-state index is 0.0245. The quantitative estimate of drug-likeness (QED) is 0.295. The van der Waals surface area contributed by atoms with Crippen LogP contribution in [0.25, 0.3) is 28.7 Å². The number of aryl methyl sites for hydroxylation is 1. The topological polar surface area (TPSA) is 78.0 Å². The summed E-state index contributed by atoms with van der Waals surface area (Å²) < 4.78 is 2.35. The molecule has 1 aromatic heterocycles. The van der Waals surface area contributed by atoms with Crippen molar-refractivity contribution in [1.82, 2.24) is 9.55 Å². The zero-order chi connectivity index (χ0) is 21.3. The number of nitrogens with zero attached hydrogens (tertiary/aromatic N) is 3. The Morgan fingerprint density at radius 3 is 2.47 bits per heavy atom. The zero-order valence-corrected chi connectivity index (χ0v) is 17.5. The van der Waals surface area contributed by atoms with E-state index in [-0.39, 0.29) is 11.2 Å². The van der Waals surface area contributed by atoms with Crippen molar-refractivity contribution in [3.05, 3.63) is 109 Å². The van der Waals surface area contributed by atoms with Gasteiger partial charge in [0.05, 0.1) is 21.5 Å². The highest BCUT2D eigenvalue weighted by molar-refractivity contribution is 9.10. The van der Waals surface area contributed by atoms with Crippen LogP contribution in [-0.2, 0) is 0 Å². The van der Waals surface area contributed by atoms with Crippen molar-refractivity contribution in [2.24, 2.45) is 0 Å². The molecule has 4 rings (SSSR count). The predicted molar refractivity (Wildman–Crippen MR) is 122 cm³/mol. The van der Waals surface area contributed by atoms with Crippen molar-refractivity contribution in [3.8, 4) is 5.69 Å². The van der Waals surface area contributed by atoms with E-state index in [9.17, 15) is 14.9 Å². The number of nitro benzene ring substituents is 1. The fourth-order valence-electron chi connectivity index (χ4n) is 3.17. The molecule has 0 fully saturated rings. The maximum Gasteiger partial charge on any atom is 0.269 e. The second kappa shape index (κ2) is 8.04. The second-order valence-electron chi connectivity index (χ2n) is 6.76. The number of fused-ring (bicyclic) bond motifs is 1. The molecule has 0 atom stereocenters. The van der Waals surface area contributed by atoms with Gasteiger partial charge in [-0.1, -0.05) is 24.3 Å². The largest absolute Gasteiger partial charge is 0.269 e. The van der Waals surface area contributed by atoms with Gasteiger partial charge in [-0.3, -0.25) is 19.5 Å². The Hall–Kier alpha value is -3.58. The van der Waals surface area contributed by atoms with E-state index in [4.69, 9.17) is 0 Å². The number of para-hydroxylation sites is 1. The van der Waals surface area contributed by atoms with Crippen molar-refractivity contribution >= 4 is 44.7 Å². The molecule has 0 N–H and O–H groups in total. The predicted octanol–water partition coefficient (Wildman–Crippen LogP) is 5.54. The van der Waals surface area contributed by atoms with E-state index in [0.717, 1.165) is 15.6 Å². The number of halogens is 1. The van der Waals surface area contributed by atoms with Crippen molar-refractivity contribution in [2.45, 2.75) is 6.92 Å². The lowest BCUT2D eigenvalue weighted by Gasteiger charge is -2.13. The van der Waals surface area contributed by atoms with E-state index in [1.165, 1.54) is 12.1 Å². The molecule has 0 bridgehead atoms. The van der Waals surface area contributed by atoms with Crippen LogP contribution < -0.4 is 5.56 Å². The summed E-state index contributed by atoms with van der Waals surface area (Å²) in [5, 5.41) is 11.4.